The van der Waals surface area contributed by atoms with Crippen molar-refractivity contribution in [2.45, 2.75) is 11.8 Å². The third-order valence-corrected chi connectivity index (χ3v) is 5.86. The monoisotopic (exact) mass is 417 g/mol. The number of anilines is 2. The second-order valence-corrected chi connectivity index (χ2v) is 8.34. The third kappa shape index (κ3) is 4.28. The zero-order valence-corrected chi connectivity index (χ0v) is 17.0. The molecule has 0 aliphatic heterocycles. The molecule has 0 aliphatic carbocycles. The molecule has 4 rings (SSSR count). The Morgan fingerprint density at radius 2 is 1.67 bits per heavy atom. The number of hydrogen-bond acceptors (Lipinski definition) is 6. The van der Waals surface area contributed by atoms with Crippen LogP contribution in [-0.4, -0.2) is 24.8 Å². The molecule has 4 aromatic rings. The highest BCUT2D eigenvalue weighted by molar-refractivity contribution is 7.92. The van der Waals surface area contributed by atoms with Gasteiger partial charge < -0.3 is 0 Å². The molecule has 0 spiro atoms. The molecular weight excluding hydrogens is 398 g/mol. The molecule has 1 heterocycles. The molecule has 150 valence electrons. The van der Waals surface area contributed by atoms with E-state index in [4.69, 9.17) is 0 Å². The second-order valence-electron chi connectivity index (χ2n) is 6.66. The Morgan fingerprint density at radius 1 is 0.933 bits per heavy atom. The number of benzene rings is 3. The average Bonchev–Trinajstić information content (AvgIpc) is 2.75. The molecule has 8 heteroatoms. The number of rotatable bonds is 6. The van der Waals surface area contributed by atoms with Crippen LogP contribution < -0.4 is 10.1 Å². The van der Waals surface area contributed by atoms with E-state index in [0.717, 1.165) is 16.3 Å². The number of hydrogen-bond donors (Lipinski definition) is 2. The van der Waals surface area contributed by atoms with E-state index in [-0.39, 0.29) is 4.90 Å². The maximum Gasteiger partial charge on any atom is 0.261 e. The molecule has 3 aromatic carbocycles. The van der Waals surface area contributed by atoms with E-state index in [1.807, 2.05) is 37.3 Å². The lowest BCUT2D eigenvalue weighted by Crippen LogP contribution is -2.14. The first-order chi connectivity index (χ1) is 14.5. The molecule has 0 fully saturated rings. The Bertz CT molecular complexity index is 1310. The van der Waals surface area contributed by atoms with Crippen LogP contribution >= 0.6 is 0 Å². The average molecular weight is 417 g/mol. The molecule has 7 nitrogen and oxygen atoms in total. The van der Waals surface area contributed by atoms with Crippen LogP contribution in [0.25, 0.3) is 10.8 Å². The smallest absolute Gasteiger partial charge is 0.261 e. The van der Waals surface area contributed by atoms with Gasteiger partial charge in [0.05, 0.1) is 23.0 Å². The summed E-state index contributed by atoms with van der Waals surface area (Å²) in [4.78, 5) is 0.198. The number of sulfonamides is 1. The van der Waals surface area contributed by atoms with Crippen LogP contribution in [0.3, 0.4) is 0 Å². The maximum atomic E-state index is 12.7. The first kappa shape index (κ1) is 19.5. The summed E-state index contributed by atoms with van der Waals surface area (Å²) in [5.41, 5.74) is 4.90. The van der Waals surface area contributed by atoms with Gasteiger partial charge in [0.1, 0.15) is 0 Å². The van der Waals surface area contributed by atoms with Gasteiger partial charge in [0.25, 0.3) is 10.0 Å². The molecule has 2 N–H and O–H groups in total. The minimum Gasteiger partial charge on any atom is -0.279 e. The van der Waals surface area contributed by atoms with Crippen molar-refractivity contribution in [3.63, 3.8) is 0 Å². The van der Waals surface area contributed by atoms with E-state index in [1.165, 1.54) is 6.21 Å². The molecule has 0 saturated heterocycles. The molecule has 0 saturated carbocycles. The highest BCUT2D eigenvalue weighted by atomic mass is 32.2. The molecule has 0 bridgehead atoms. The topological polar surface area (TPSA) is 96.3 Å². The fraction of sp³-hybridized carbons (Fsp3) is 0.0455. The summed E-state index contributed by atoms with van der Waals surface area (Å²) in [6, 6.07) is 21.4. The number of para-hydroxylation sites is 1. The Balaban J connectivity index is 1.57. The normalized spacial score (nSPS) is 11.6. The second kappa shape index (κ2) is 8.30. The minimum atomic E-state index is -3.71. The van der Waals surface area contributed by atoms with Gasteiger partial charge in [-0.25, -0.2) is 8.42 Å². The van der Waals surface area contributed by atoms with Gasteiger partial charge in [0.15, 0.2) is 5.82 Å². The van der Waals surface area contributed by atoms with Crippen LogP contribution in [-0.2, 0) is 10.0 Å². The first-order valence-electron chi connectivity index (χ1n) is 9.21. The summed E-state index contributed by atoms with van der Waals surface area (Å²) in [7, 11) is -3.71. The molecule has 0 amide bonds. The van der Waals surface area contributed by atoms with Crippen LogP contribution in [0.15, 0.2) is 89.0 Å². The van der Waals surface area contributed by atoms with E-state index < -0.39 is 10.0 Å². The van der Waals surface area contributed by atoms with Crippen molar-refractivity contribution in [1.82, 2.24) is 10.2 Å². The first-order valence-corrected chi connectivity index (χ1v) is 10.7. The quantitative estimate of drug-likeness (QED) is 0.362. The molecular formula is C22H19N5O2S. The molecule has 0 atom stereocenters. The SMILES string of the molecule is Cc1ccc(S(=O)(=O)Nc2ccccc2/C=N\Nc2nncc3ccccc23)cc1. The number of nitrogens with one attached hydrogen (secondary N) is 2. The Hall–Kier alpha value is -3.78. The van der Waals surface area contributed by atoms with Gasteiger partial charge in [0, 0.05) is 16.3 Å². The summed E-state index contributed by atoms with van der Waals surface area (Å²) in [6.07, 6.45) is 3.22. The highest BCUT2D eigenvalue weighted by Gasteiger charge is 2.15. The highest BCUT2D eigenvalue weighted by Crippen LogP contribution is 2.21. The minimum absolute atomic E-state index is 0.198. The van der Waals surface area contributed by atoms with Crippen molar-refractivity contribution >= 4 is 38.5 Å². The van der Waals surface area contributed by atoms with E-state index in [9.17, 15) is 8.42 Å². The Morgan fingerprint density at radius 3 is 2.50 bits per heavy atom. The van der Waals surface area contributed by atoms with Gasteiger partial charge in [-0.3, -0.25) is 10.1 Å². The van der Waals surface area contributed by atoms with Crippen LogP contribution in [0.5, 0.6) is 0 Å². The Labute approximate surface area is 174 Å². The van der Waals surface area contributed by atoms with Gasteiger partial charge in [-0.05, 0) is 25.1 Å². The van der Waals surface area contributed by atoms with E-state index in [2.05, 4.69) is 25.4 Å². The standard InChI is InChI=1S/C22H19N5O2S/c1-16-10-12-19(13-11-16)30(28,29)27-21-9-5-3-7-18(21)15-24-26-22-20-8-4-2-6-17(20)14-23-25-22/h2-15,27H,1H3,(H,25,26)/b24-15-. The van der Waals surface area contributed by atoms with Crippen molar-refractivity contribution in [3.8, 4) is 0 Å². The maximum absolute atomic E-state index is 12.7. The predicted molar refractivity (Wildman–Crippen MR) is 119 cm³/mol. The van der Waals surface area contributed by atoms with Crippen molar-refractivity contribution in [2.75, 3.05) is 10.1 Å². The molecule has 30 heavy (non-hydrogen) atoms. The molecule has 1 aromatic heterocycles. The number of fused-ring (bicyclic) bond motifs is 1. The molecule has 0 radical (unpaired) electrons. The summed E-state index contributed by atoms with van der Waals surface area (Å²) in [5, 5.41) is 14.1. The lowest BCUT2D eigenvalue weighted by molar-refractivity contribution is 0.601. The zero-order valence-electron chi connectivity index (χ0n) is 16.1. The lowest BCUT2D eigenvalue weighted by Gasteiger charge is -2.11. The van der Waals surface area contributed by atoms with Gasteiger partial charge in [-0.2, -0.15) is 10.2 Å². The summed E-state index contributed by atoms with van der Waals surface area (Å²) >= 11 is 0. The summed E-state index contributed by atoms with van der Waals surface area (Å²) in [6.45, 7) is 1.91. The van der Waals surface area contributed by atoms with E-state index in [1.54, 1.807) is 48.7 Å². The third-order valence-electron chi connectivity index (χ3n) is 4.48. The lowest BCUT2D eigenvalue weighted by atomic mass is 10.2. The largest absolute Gasteiger partial charge is 0.279 e. The van der Waals surface area contributed by atoms with Crippen molar-refractivity contribution < 1.29 is 8.42 Å². The van der Waals surface area contributed by atoms with Crippen molar-refractivity contribution in [1.29, 1.82) is 0 Å². The van der Waals surface area contributed by atoms with Crippen LogP contribution in [0, 0.1) is 6.92 Å². The van der Waals surface area contributed by atoms with Crippen LogP contribution in [0.4, 0.5) is 11.5 Å². The number of hydrazone groups is 1. The molecule has 0 aliphatic rings. The van der Waals surface area contributed by atoms with Gasteiger partial charge in [-0.15, -0.1) is 5.10 Å². The van der Waals surface area contributed by atoms with Gasteiger partial charge in [0.2, 0.25) is 0 Å². The van der Waals surface area contributed by atoms with Crippen molar-refractivity contribution in [2.24, 2.45) is 5.10 Å². The fourth-order valence-corrected chi connectivity index (χ4v) is 3.98. The Kier molecular flexibility index (Phi) is 5.40. The zero-order chi connectivity index (χ0) is 21.0. The fourth-order valence-electron chi connectivity index (χ4n) is 2.90. The summed E-state index contributed by atoms with van der Waals surface area (Å²) < 4.78 is 28.1. The van der Waals surface area contributed by atoms with Gasteiger partial charge in [-0.1, -0.05) is 60.2 Å². The number of nitrogens with zero attached hydrogens (tertiary/aromatic N) is 3. The number of aromatic nitrogens is 2. The van der Waals surface area contributed by atoms with Crippen LogP contribution in [0.2, 0.25) is 0 Å². The van der Waals surface area contributed by atoms with E-state index >= 15 is 0 Å². The van der Waals surface area contributed by atoms with E-state index in [0.29, 0.717) is 17.1 Å². The van der Waals surface area contributed by atoms with Crippen LogP contribution in [0.1, 0.15) is 11.1 Å². The number of aryl methyl sites for hydroxylation is 1. The predicted octanol–water partition coefficient (Wildman–Crippen LogP) is 4.19. The summed E-state index contributed by atoms with van der Waals surface area (Å²) in [5.74, 6) is 0.516. The molecule has 0 unspecified atom stereocenters. The van der Waals surface area contributed by atoms with Crippen molar-refractivity contribution in [3.05, 3.63) is 90.1 Å². The van der Waals surface area contributed by atoms with Gasteiger partial charge >= 0.3 is 0 Å².